The molecule has 0 radical (unpaired) electrons. The van der Waals surface area contributed by atoms with E-state index in [4.69, 9.17) is 11.6 Å². The number of hydrogen-bond donors (Lipinski definition) is 2. The monoisotopic (exact) mass is 388 g/mol. The SMILES string of the molecule is CCc1ccccc1Nc1ccc(NS(=O)(=O)c2ccc(Cl)cc2)nn1. The normalized spacial score (nSPS) is 11.2. The number of anilines is 3. The minimum atomic E-state index is -3.74. The second-order valence-corrected chi connectivity index (χ2v) is 7.62. The van der Waals surface area contributed by atoms with Gasteiger partial charge in [-0.15, -0.1) is 10.2 Å². The van der Waals surface area contributed by atoms with E-state index in [0.29, 0.717) is 10.8 Å². The van der Waals surface area contributed by atoms with Crippen LogP contribution in [0.4, 0.5) is 17.3 Å². The molecular weight excluding hydrogens is 372 g/mol. The molecule has 3 rings (SSSR count). The highest BCUT2D eigenvalue weighted by molar-refractivity contribution is 7.92. The summed E-state index contributed by atoms with van der Waals surface area (Å²) >= 11 is 5.78. The van der Waals surface area contributed by atoms with Crippen LogP contribution in [0.25, 0.3) is 0 Å². The summed E-state index contributed by atoms with van der Waals surface area (Å²) in [7, 11) is -3.74. The van der Waals surface area contributed by atoms with Crippen molar-refractivity contribution in [3.8, 4) is 0 Å². The highest BCUT2D eigenvalue weighted by Crippen LogP contribution is 2.21. The minimum absolute atomic E-state index is 0.0998. The zero-order valence-corrected chi connectivity index (χ0v) is 15.6. The first kappa shape index (κ1) is 18.2. The van der Waals surface area contributed by atoms with Crippen LogP contribution in [0.3, 0.4) is 0 Å². The molecule has 0 fully saturated rings. The van der Waals surface area contributed by atoms with E-state index in [1.54, 1.807) is 12.1 Å². The molecule has 1 aromatic heterocycles. The van der Waals surface area contributed by atoms with Crippen LogP contribution in [-0.4, -0.2) is 18.6 Å². The summed E-state index contributed by atoms with van der Waals surface area (Å²) < 4.78 is 27.1. The van der Waals surface area contributed by atoms with Gasteiger partial charge < -0.3 is 5.32 Å². The maximum atomic E-state index is 12.3. The lowest BCUT2D eigenvalue weighted by Gasteiger charge is -2.10. The van der Waals surface area contributed by atoms with Gasteiger partial charge >= 0.3 is 0 Å². The fourth-order valence-corrected chi connectivity index (χ4v) is 3.47. The molecule has 0 spiro atoms. The van der Waals surface area contributed by atoms with Crippen molar-refractivity contribution >= 4 is 38.9 Å². The fraction of sp³-hybridized carbons (Fsp3) is 0.111. The van der Waals surface area contributed by atoms with E-state index in [0.717, 1.165) is 17.7 Å². The predicted molar refractivity (Wildman–Crippen MR) is 103 cm³/mol. The van der Waals surface area contributed by atoms with Crippen LogP contribution in [0.1, 0.15) is 12.5 Å². The van der Waals surface area contributed by atoms with Gasteiger partial charge in [0.05, 0.1) is 4.90 Å². The number of para-hydroxylation sites is 1. The number of nitrogens with zero attached hydrogens (tertiary/aromatic N) is 2. The smallest absolute Gasteiger partial charge is 0.263 e. The van der Waals surface area contributed by atoms with Gasteiger partial charge in [0, 0.05) is 10.7 Å². The summed E-state index contributed by atoms with van der Waals surface area (Å²) in [4.78, 5) is 0.0998. The standard InChI is InChI=1S/C18H17ClN4O2S/c1-2-13-5-3-4-6-16(13)20-17-11-12-18(22-21-17)23-26(24,25)15-9-7-14(19)8-10-15/h3-12H,2H2,1H3,(H,20,21)(H,22,23). The van der Waals surface area contributed by atoms with Gasteiger partial charge in [0.2, 0.25) is 0 Å². The number of benzene rings is 2. The molecule has 2 N–H and O–H groups in total. The molecule has 0 unspecified atom stereocenters. The molecule has 26 heavy (non-hydrogen) atoms. The first-order valence-electron chi connectivity index (χ1n) is 7.95. The third-order valence-electron chi connectivity index (χ3n) is 3.69. The van der Waals surface area contributed by atoms with Crippen LogP contribution in [0.5, 0.6) is 0 Å². The summed E-state index contributed by atoms with van der Waals surface area (Å²) in [5.41, 5.74) is 2.10. The van der Waals surface area contributed by atoms with Gasteiger partial charge in [-0.05, 0) is 54.4 Å². The van der Waals surface area contributed by atoms with E-state index in [-0.39, 0.29) is 10.7 Å². The topological polar surface area (TPSA) is 84.0 Å². The Kier molecular flexibility index (Phi) is 5.39. The molecule has 0 aliphatic heterocycles. The first-order chi connectivity index (χ1) is 12.5. The van der Waals surface area contributed by atoms with Gasteiger partial charge in [-0.25, -0.2) is 8.42 Å². The van der Waals surface area contributed by atoms with Gasteiger partial charge in [0.15, 0.2) is 11.6 Å². The molecule has 134 valence electrons. The number of halogens is 1. The van der Waals surface area contributed by atoms with Gasteiger partial charge in [0.1, 0.15) is 0 Å². The number of aryl methyl sites for hydroxylation is 1. The largest absolute Gasteiger partial charge is 0.339 e. The molecular formula is C18H17ClN4O2S. The Morgan fingerprint density at radius 2 is 1.58 bits per heavy atom. The van der Waals surface area contributed by atoms with E-state index in [1.165, 1.54) is 24.3 Å². The molecule has 3 aromatic rings. The van der Waals surface area contributed by atoms with Crippen molar-refractivity contribution in [2.24, 2.45) is 0 Å². The van der Waals surface area contributed by atoms with Crippen LogP contribution < -0.4 is 10.0 Å². The van der Waals surface area contributed by atoms with Crippen molar-refractivity contribution in [1.82, 2.24) is 10.2 Å². The first-order valence-corrected chi connectivity index (χ1v) is 9.81. The van der Waals surface area contributed by atoms with Crippen molar-refractivity contribution in [3.05, 3.63) is 71.2 Å². The van der Waals surface area contributed by atoms with E-state index < -0.39 is 10.0 Å². The molecule has 0 aliphatic rings. The van der Waals surface area contributed by atoms with Crippen LogP contribution in [0.15, 0.2) is 65.6 Å². The zero-order chi connectivity index (χ0) is 18.6. The number of hydrogen-bond acceptors (Lipinski definition) is 5. The quantitative estimate of drug-likeness (QED) is 0.659. The van der Waals surface area contributed by atoms with Crippen molar-refractivity contribution in [3.63, 3.8) is 0 Å². The van der Waals surface area contributed by atoms with E-state index in [2.05, 4.69) is 27.2 Å². The average molecular weight is 389 g/mol. The lowest BCUT2D eigenvalue weighted by atomic mass is 10.1. The summed E-state index contributed by atoms with van der Waals surface area (Å²) in [6.45, 7) is 2.07. The molecule has 0 bridgehead atoms. The average Bonchev–Trinajstić information content (AvgIpc) is 2.64. The summed E-state index contributed by atoms with van der Waals surface area (Å²) in [6.07, 6.45) is 0.885. The van der Waals surface area contributed by atoms with Crippen molar-refractivity contribution in [1.29, 1.82) is 0 Å². The maximum Gasteiger partial charge on any atom is 0.263 e. The van der Waals surface area contributed by atoms with Crippen LogP contribution in [0.2, 0.25) is 5.02 Å². The molecule has 6 nitrogen and oxygen atoms in total. The van der Waals surface area contributed by atoms with Gasteiger partial charge in [-0.1, -0.05) is 36.7 Å². The van der Waals surface area contributed by atoms with Crippen molar-refractivity contribution in [2.75, 3.05) is 10.0 Å². The van der Waals surface area contributed by atoms with Gasteiger partial charge in [0.25, 0.3) is 10.0 Å². The van der Waals surface area contributed by atoms with Crippen LogP contribution in [-0.2, 0) is 16.4 Å². The summed E-state index contributed by atoms with van der Waals surface area (Å²) in [5.74, 6) is 0.662. The number of rotatable bonds is 6. The predicted octanol–water partition coefficient (Wildman–Crippen LogP) is 4.24. The molecule has 0 saturated carbocycles. The molecule has 0 saturated heterocycles. The van der Waals surface area contributed by atoms with Crippen LogP contribution >= 0.6 is 11.6 Å². The fourth-order valence-electron chi connectivity index (χ4n) is 2.35. The molecule has 8 heteroatoms. The Morgan fingerprint density at radius 1 is 0.923 bits per heavy atom. The molecule has 0 atom stereocenters. The highest BCUT2D eigenvalue weighted by atomic mass is 35.5. The third kappa shape index (κ3) is 4.30. The van der Waals surface area contributed by atoms with E-state index in [1.807, 2.05) is 24.3 Å². The minimum Gasteiger partial charge on any atom is -0.339 e. The Bertz CT molecular complexity index is 990. The van der Waals surface area contributed by atoms with E-state index in [9.17, 15) is 8.42 Å². The molecule has 0 aliphatic carbocycles. The Hall–Kier alpha value is -2.64. The lowest BCUT2D eigenvalue weighted by molar-refractivity contribution is 0.601. The Morgan fingerprint density at radius 3 is 2.23 bits per heavy atom. The molecule has 2 aromatic carbocycles. The Labute approximate surface area is 157 Å². The zero-order valence-electron chi connectivity index (χ0n) is 14.0. The second-order valence-electron chi connectivity index (χ2n) is 5.50. The molecule has 0 amide bonds. The van der Waals surface area contributed by atoms with Crippen LogP contribution in [0, 0.1) is 0 Å². The number of aromatic nitrogens is 2. The Balaban J connectivity index is 1.74. The van der Waals surface area contributed by atoms with Crippen molar-refractivity contribution < 1.29 is 8.42 Å². The van der Waals surface area contributed by atoms with Crippen molar-refractivity contribution in [2.45, 2.75) is 18.2 Å². The highest BCUT2D eigenvalue weighted by Gasteiger charge is 2.15. The third-order valence-corrected chi connectivity index (χ3v) is 5.31. The second kappa shape index (κ2) is 7.72. The molecule has 1 heterocycles. The van der Waals surface area contributed by atoms with Gasteiger partial charge in [-0.2, -0.15) is 0 Å². The number of sulfonamides is 1. The van der Waals surface area contributed by atoms with E-state index >= 15 is 0 Å². The number of nitrogens with one attached hydrogen (secondary N) is 2. The summed E-state index contributed by atoms with van der Waals surface area (Å²) in [5, 5.41) is 11.6. The summed E-state index contributed by atoms with van der Waals surface area (Å²) in [6, 6.07) is 17.0. The maximum absolute atomic E-state index is 12.3. The lowest BCUT2D eigenvalue weighted by Crippen LogP contribution is -2.14. The van der Waals surface area contributed by atoms with Gasteiger partial charge in [-0.3, -0.25) is 4.72 Å².